The van der Waals surface area contributed by atoms with Crippen molar-refractivity contribution in [3.8, 4) is 23.1 Å². The van der Waals surface area contributed by atoms with Crippen LogP contribution in [-0.2, 0) is 25.8 Å². The van der Waals surface area contributed by atoms with Crippen LogP contribution >= 0.6 is 0 Å². The second kappa shape index (κ2) is 12.3. The molecule has 0 radical (unpaired) electrons. The SMILES string of the molecule is CCCCc1nc(O)c(Cc2ccc(-c3ccc(F)nc3C)cc2)c(=O)n1CCCc1cccc(C#N)c1. The first kappa shape index (κ1) is 26.7. The van der Waals surface area contributed by atoms with Crippen LogP contribution in [-0.4, -0.2) is 19.6 Å². The number of nitrogens with zero attached hydrogens (tertiary/aromatic N) is 4. The molecule has 0 fully saturated rings. The summed E-state index contributed by atoms with van der Waals surface area (Å²) in [7, 11) is 0. The summed E-state index contributed by atoms with van der Waals surface area (Å²) < 4.78 is 15.1. The molecule has 0 saturated carbocycles. The lowest BCUT2D eigenvalue weighted by atomic mass is 10.00. The fourth-order valence-electron chi connectivity index (χ4n) is 4.62. The summed E-state index contributed by atoms with van der Waals surface area (Å²) in [6, 6.07) is 20.3. The lowest BCUT2D eigenvalue weighted by molar-refractivity contribution is 0.428. The second-order valence-corrected chi connectivity index (χ2v) is 9.45. The summed E-state index contributed by atoms with van der Waals surface area (Å²) in [4.78, 5) is 21.9. The highest BCUT2D eigenvalue weighted by Crippen LogP contribution is 2.24. The molecule has 0 atom stereocenters. The molecule has 4 aromatic rings. The van der Waals surface area contributed by atoms with E-state index in [4.69, 9.17) is 5.26 Å². The van der Waals surface area contributed by atoms with E-state index in [1.807, 2.05) is 42.5 Å². The van der Waals surface area contributed by atoms with Gasteiger partial charge in [-0.1, -0.05) is 49.7 Å². The lowest BCUT2D eigenvalue weighted by Crippen LogP contribution is -2.29. The van der Waals surface area contributed by atoms with Crippen molar-refractivity contribution in [2.45, 2.75) is 58.9 Å². The molecule has 4 rings (SSSR count). The van der Waals surface area contributed by atoms with Crippen LogP contribution < -0.4 is 5.56 Å². The molecule has 194 valence electrons. The van der Waals surface area contributed by atoms with Gasteiger partial charge >= 0.3 is 0 Å². The Morgan fingerprint density at radius 1 is 1.00 bits per heavy atom. The topological polar surface area (TPSA) is 91.8 Å². The average Bonchev–Trinajstić information content (AvgIpc) is 2.92. The average molecular weight is 511 g/mol. The predicted octanol–water partition coefficient (Wildman–Crippen LogP) is 5.90. The third kappa shape index (κ3) is 6.33. The molecule has 7 heteroatoms. The van der Waals surface area contributed by atoms with Crippen LogP contribution in [0.15, 0.2) is 65.5 Å². The van der Waals surface area contributed by atoms with Crippen LogP contribution in [0, 0.1) is 24.2 Å². The summed E-state index contributed by atoms with van der Waals surface area (Å²) in [6.45, 7) is 4.32. The Hall–Kier alpha value is -4.31. The van der Waals surface area contributed by atoms with E-state index in [0.717, 1.165) is 41.5 Å². The molecular weight excluding hydrogens is 479 g/mol. The van der Waals surface area contributed by atoms with Crippen molar-refractivity contribution < 1.29 is 9.50 Å². The molecule has 38 heavy (non-hydrogen) atoms. The summed E-state index contributed by atoms with van der Waals surface area (Å²) in [5.74, 6) is -0.138. The van der Waals surface area contributed by atoms with E-state index in [-0.39, 0.29) is 23.4 Å². The van der Waals surface area contributed by atoms with E-state index in [9.17, 15) is 14.3 Å². The van der Waals surface area contributed by atoms with Gasteiger partial charge in [0, 0.05) is 30.6 Å². The number of aryl methyl sites for hydroxylation is 3. The normalized spacial score (nSPS) is 10.9. The monoisotopic (exact) mass is 510 g/mol. The highest BCUT2D eigenvalue weighted by molar-refractivity contribution is 5.65. The number of benzene rings is 2. The van der Waals surface area contributed by atoms with Gasteiger partial charge in [-0.15, -0.1) is 0 Å². The van der Waals surface area contributed by atoms with Crippen molar-refractivity contribution in [1.29, 1.82) is 5.26 Å². The number of pyridine rings is 1. The van der Waals surface area contributed by atoms with E-state index in [2.05, 4.69) is 23.0 Å². The highest BCUT2D eigenvalue weighted by Gasteiger charge is 2.17. The number of nitriles is 1. The minimum absolute atomic E-state index is 0.221. The first-order valence-corrected chi connectivity index (χ1v) is 12.9. The molecular formula is C31H31FN4O2. The Balaban J connectivity index is 1.57. The van der Waals surface area contributed by atoms with Gasteiger partial charge < -0.3 is 5.11 Å². The van der Waals surface area contributed by atoms with Crippen molar-refractivity contribution in [1.82, 2.24) is 14.5 Å². The van der Waals surface area contributed by atoms with Crippen LogP contribution in [0.2, 0.25) is 0 Å². The van der Waals surface area contributed by atoms with Gasteiger partial charge in [0.1, 0.15) is 5.82 Å². The highest BCUT2D eigenvalue weighted by atomic mass is 19.1. The van der Waals surface area contributed by atoms with Crippen LogP contribution in [0.1, 0.15) is 60.0 Å². The third-order valence-electron chi connectivity index (χ3n) is 6.67. The molecule has 2 heterocycles. The number of halogens is 1. The molecule has 0 amide bonds. The predicted molar refractivity (Wildman–Crippen MR) is 145 cm³/mol. The minimum atomic E-state index is -0.514. The summed E-state index contributed by atoms with van der Waals surface area (Å²) in [5.41, 5.74) is 4.90. The van der Waals surface area contributed by atoms with Gasteiger partial charge in [-0.25, -0.2) is 4.98 Å². The van der Waals surface area contributed by atoms with Gasteiger partial charge in [0.05, 0.1) is 17.2 Å². The van der Waals surface area contributed by atoms with Crippen LogP contribution in [0.3, 0.4) is 0 Å². The minimum Gasteiger partial charge on any atom is -0.493 e. The van der Waals surface area contributed by atoms with Gasteiger partial charge in [-0.3, -0.25) is 9.36 Å². The summed E-state index contributed by atoms with van der Waals surface area (Å²) >= 11 is 0. The maximum atomic E-state index is 13.6. The lowest BCUT2D eigenvalue weighted by Gasteiger charge is -2.15. The van der Waals surface area contributed by atoms with Crippen LogP contribution in [0.5, 0.6) is 5.88 Å². The molecule has 0 spiro atoms. The zero-order valence-corrected chi connectivity index (χ0v) is 21.7. The Labute approximate surface area is 222 Å². The quantitative estimate of drug-likeness (QED) is 0.268. The van der Waals surface area contributed by atoms with E-state index in [1.165, 1.54) is 6.07 Å². The number of hydrogen-bond acceptors (Lipinski definition) is 5. The van der Waals surface area contributed by atoms with Crippen LogP contribution in [0.4, 0.5) is 4.39 Å². The van der Waals surface area contributed by atoms with Crippen molar-refractivity contribution in [2.24, 2.45) is 0 Å². The molecule has 0 bridgehead atoms. The van der Waals surface area contributed by atoms with Gasteiger partial charge in [-0.2, -0.15) is 14.6 Å². The number of aromatic nitrogens is 3. The fourth-order valence-corrected chi connectivity index (χ4v) is 4.62. The molecule has 0 aliphatic rings. The van der Waals surface area contributed by atoms with E-state index >= 15 is 0 Å². The molecule has 0 aliphatic carbocycles. The number of hydrogen-bond donors (Lipinski definition) is 1. The van der Waals surface area contributed by atoms with Gasteiger partial charge in [0.25, 0.3) is 5.56 Å². The molecule has 6 nitrogen and oxygen atoms in total. The van der Waals surface area contributed by atoms with Crippen molar-refractivity contribution in [2.75, 3.05) is 0 Å². The van der Waals surface area contributed by atoms with E-state index in [1.54, 1.807) is 23.6 Å². The second-order valence-electron chi connectivity index (χ2n) is 9.45. The molecule has 0 unspecified atom stereocenters. The molecule has 0 aliphatic heterocycles. The van der Waals surface area contributed by atoms with E-state index in [0.29, 0.717) is 36.5 Å². The third-order valence-corrected chi connectivity index (χ3v) is 6.67. The Morgan fingerprint density at radius 3 is 2.50 bits per heavy atom. The standard InChI is InChI=1S/C31H31FN4O2/c1-3-4-10-29-35-30(37)27(31(38)36(29)17-6-9-22-7-5-8-24(18-22)20-33)19-23-11-13-25(14-12-23)26-15-16-28(32)34-21(26)2/h5,7-8,11-16,18,37H,3-4,6,9-10,17,19H2,1-2H3. The summed E-state index contributed by atoms with van der Waals surface area (Å²) in [5, 5.41) is 19.9. The number of unbranched alkanes of at least 4 members (excludes halogenated alkanes) is 1. The van der Waals surface area contributed by atoms with Crippen molar-refractivity contribution in [3.63, 3.8) is 0 Å². The Bertz CT molecular complexity index is 1520. The maximum Gasteiger partial charge on any atom is 0.260 e. The molecule has 0 saturated heterocycles. The first-order valence-electron chi connectivity index (χ1n) is 12.9. The number of aromatic hydroxyl groups is 1. The summed E-state index contributed by atoms with van der Waals surface area (Å²) in [6.07, 6.45) is 4.12. The van der Waals surface area contributed by atoms with Crippen molar-refractivity contribution >= 4 is 0 Å². The zero-order valence-electron chi connectivity index (χ0n) is 21.7. The Morgan fingerprint density at radius 2 is 1.79 bits per heavy atom. The van der Waals surface area contributed by atoms with Crippen LogP contribution in [0.25, 0.3) is 11.1 Å². The largest absolute Gasteiger partial charge is 0.493 e. The van der Waals surface area contributed by atoms with Gasteiger partial charge in [0.2, 0.25) is 11.8 Å². The smallest absolute Gasteiger partial charge is 0.260 e. The van der Waals surface area contributed by atoms with Gasteiger partial charge in [-0.05, 0) is 67.1 Å². The van der Waals surface area contributed by atoms with E-state index < -0.39 is 5.95 Å². The Kier molecular flexibility index (Phi) is 8.65. The fraction of sp³-hybridized carbons (Fsp3) is 0.290. The molecule has 2 aromatic heterocycles. The van der Waals surface area contributed by atoms with Crippen molar-refractivity contribution in [3.05, 3.63) is 111 Å². The zero-order chi connectivity index (χ0) is 27.1. The van der Waals surface area contributed by atoms with Gasteiger partial charge in [0.15, 0.2) is 0 Å². The molecule has 2 aromatic carbocycles. The maximum absolute atomic E-state index is 13.6. The first-order chi connectivity index (χ1) is 18.4. The molecule has 1 N–H and O–H groups in total. The number of rotatable bonds is 10.